The third kappa shape index (κ3) is 4.98. The van der Waals surface area contributed by atoms with Crippen molar-refractivity contribution in [3.63, 3.8) is 0 Å². The van der Waals surface area contributed by atoms with Gasteiger partial charge in [-0.15, -0.1) is 0 Å². The molecule has 0 radical (unpaired) electrons. The van der Waals surface area contributed by atoms with Crippen LogP contribution in [0, 0.1) is 0 Å². The van der Waals surface area contributed by atoms with Crippen LogP contribution in [-0.2, 0) is 0 Å². The summed E-state index contributed by atoms with van der Waals surface area (Å²) in [6.45, 7) is 12.6. The van der Waals surface area contributed by atoms with Gasteiger partial charge in [-0.05, 0) is 69.2 Å². The fraction of sp³-hybridized carbons (Fsp3) is 0.448. The molecule has 1 aromatic heterocycles. The summed E-state index contributed by atoms with van der Waals surface area (Å²) in [6.07, 6.45) is 1.67. The summed E-state index contributed by atoms with van der Waals surface area (Å²) in [5.41, 5.74) is 1.46. The van der Waals surface area contributed by atoms with E-state index in [1.807, 2.05) is 31.2 Å². The minimum Gasteiger partial charge on any atom is -0.490 e. The van der Waals surface area contributed by atoms with Gasteiger partial charge in [-0.3, -0.25) is 9.59 Å². The second kappa shape index (κ2) is 11.6. The highest BCUT2D eigenvalue weighted by atomic mass is 16.5. The molecule has 0 N–H and O–H groups in total. The van der Waals surface area contributed by atoms with Gasteiger partial charge in [0.1, 0.15) is 5.58 Å². The van der Waals surface area contributed by atoms with Crippen LogP contribution in [0.3, 0.4) is 0 Å². The Balaban J connectivity index is 1.80. The average molecular weight is 493 g/mol. The first-order valence-corrected chi connectivity index (χ1v) is 13.0. The molecular formula is C29H36N2O5. The van der Waals surface area contributed by atoms with Crippen LogP contribution in [-0.4, -0.2) is 55.1 Å². The molecule has 192 valence electrons. The zero-order chi connectivity index (χ0) is 25.7. The zero-order valence-electron chi connectivity index (χ0n) is 21.7. The first-order valence-electron chi connectivity index (χ1n) is 13.0. The van der Waals surface area contributed by atoms with Crippen molar-refractivity contribution in [2.75, 3.05) is 39.4 Å². The zero-order valence-corrected chi connectivity index (χ0v) is 21.7. The molecule has 2 heterocycles. The molecule has 2 aromatic carbocycles. The number of amides is 1. The quantitative estimate of drug-likeness (QED) is 0.344. The first-order chi connectivity index (χ1) is 17.5. The topological polar surface area (TPSA) is 72.2 Å². The highest BCUT2D eigenvalue weighted by molar-refractivity contribution is 5.99. The van der Waals surface area contributed by atoms with Crippen molar-refractivity contribution in [3.8, 4) is 11.5 Å². The van der Waals surface area contributed by atoms with Gasteiger partial charge in [0.15, 0.2) is 16.9 Å². The number of fused-ring (bicyclic) bond motifs is 2. The van der Waals surface area contributed by atoms with Gasteiger partial charge >= 0.3 is 0 Å². The summed E-state index contributed by atoms with van der Waals surface area (Å²) in [4.78, 5) is 31.4. The van der Waals surface area contributed by atoms with Gasteiger partial charge < -0.3 is 23.7 Å². The summed E-state index contributed by atoms with van der Waals surface area (Å²) in [6, 6.07) is 12.2. The van der Waals surface area contributed by atoms with Crippen molar-refractivity contribution in [1.82, 2.24) is 9.80 Å². The highest BCUT2D eigenvalue weighted by Gasteiger charge is 2.42. The van der Waals surface area contributed by atoms with Crippen LogP contribution in [0.5, 0.6) is 11.5 Å². The molecule has 4 rings (SSSR count). The molecule has 36 heavy (non-hydrogen) atoms. The molecule has 0 fully saturated rings. The van der Waals surface area contributed by atoms with E-state index in [2.05, 4.69) is 25.7 Å². The van der Waals surface area contributed by atoms with Crippen LogP contribution in [0.4, 0.5) is 0 Å². The molecule has 7 nitrogen and oxygen atoms in total. The molecule has 0 saturated heterocycles. The van der Waals surface area contributed by atoms with Crippen LogP contribution in [0.2, 0.25) is 0 Å². The van der Waals surface area contributed by atoms with E-state index in [-0.39, 0.29) is 17.1 Å². The third-order valence-corrected chi connectivity index (χ3v) is 6.69. The normalized spacial score (nSPS) is 15.1. The molecule has 0 aliphatic carbocycles. The van der Waals surface area contributed by atoms with Crippen LogP contribution in [0.15, 0.2) is 51.7 Å². The summed E-state index contributed by atoms with van der Waals surface area (Å²) in [7, 11) is 0. The Labute approximate surface area is 212 Å². The number of hydrogen-bond acceptors (Lipinski definition) is 6. The summed E-state index contributed by atoms with van der Waals surface area (Å²) in [5.74, 6) is 1.15. The molecule has 3 aromatic rings. The fourth-order valence-electron chi connectivity index (χ4n) is 4.84. The Bertz CT molecular complexity index is 1260. The maximum absolute atomic E-state index is 13.7. The summed E-state index contributed by atoms with van der Waals surface area (Å²) in [5, 5.41) is 0.479. The molecule has 1 amide bonds. The third-order valence-electron chi connectivity index (χ3n) is 6.69. The van der Waals surface area contributed by atoms with Crippen molar-refractivity contribution in [2.45, 2.75) is 46.6 Å². The van der Waals surface area contributed by atoms with Crippen LogP contribution in [0.1, 0.15) is 68.3 Å². The average Bonchev–Trinajstić information content (AvgIpc) is 3.17. The number of nitrogens with zero attached hydrogens (tertiary/aromatic N) is 2. The number of hydrogen-bond donors (Lipinski definition) is 0. The lowest BCUT2D eigenvalue weighted by Crippen LogP contribution is -2.33. The Hall–Kier alpha value is -3.32. The maximum atomic E-state index is 13.7. The van der Waals surface area contributed by atoms with Crippen molar-refractivity contribution in [1.29, 1.82) is 0 Å². The first kappa shape index (κ1) is 25.8. The highest BCUT2D eigenvalue weighted by Crippen LogP contribution is 2.41. The van der Waals surface area contributed by atoms with Gasteiger partial charge in [0.05, 0.1) is 30.2 Å². The molecule has 0 saturated carbocycles. The molecule has 1 aliphatic rings. The number of carbonyl (C=O) groups excluding carboxylic acids is 1. The molecule has 7 heteroatoms. The van der Waals surface area contributed by atoms with Gasteiger partial charge in [-0.2, -0.15) is 0 Å². The Morgan fingerprint density at radius 2 is 1.75 bits per heavy atom. The van der Waals surface area contributed by atoms with E-state index in [1.165, 1.54) is 0 Å². The molecule has 0 bridgehead atoms. The van der Waals surface area contributed by atoms with Gasteiger partial charge in [0, 0.05) is 6.54 Å². The summed E-state index contributed by atoms with van der Waals surface area (Å²) < 4.78 is 17.8. The van der Waals surface area contributed by atoms with E-state index in [0.717, 1.165) is 38.0 Å². The van der Waals surface area contributed by atoms with E-state index >= 15 is 0 Å². The van der Waals surface area contributed by atoms with Crippen molar-refractivity contribution in [3.05, 3.63) is 69.6 Å². The van der Waals surface area contributed by atoms with E-state index in [9.17, 15) is 9.59 Å². The number of benzene rings is 2. The molecular weight excluding hydrogens is 456 g/mol. The standard InChI is InChI=1S/C29H36N2O5/c1-5-18-35-23-15-14-20(19-24(23)34-8-4)26-25-27(32)21-12-9-10-13-22(21)36-28(25)29(33)31(26)17-11-16-30(6-2)7-3/h9-10,12-15,19,26H,5-8,11,16-18H2,1-4H3. The molecule has 1 atom stereocenters. The number of ether oxygens (including phenoxy) is 2. The maximum Gasteiger partial charge on any atom is 0.290 e. The predicted octanol–water partition coefficient (Wildman–Crippen LogP) is 5.26. The minimum atomic E-state index is -0.551. The minimum absolute atomic E-state index is 0.135. The van der Waals surface area contributed by atoms with E-state index in [0.29, 0.717) is 47.8 Å². The summed E-state index contributed by atoms with van der Waals surface area (Å²) >= 11 is 0. The SMILES string of the molecule is CCCOc1ccc(C2c3c(oc4ccccc4c3=O)C(=O)N2CCCN(CC)CC)cc1OCC. The number of para-hydroxylation sites is 1. The lowest BCUT2D eigenvalue weighted by Gasteiger charge is -2.27. The Kier molecular flexibility index (Phi) is 8.31. The van der Waals surface area contributed by atoms with Crippen molar-refractivity contribution >= 4 is 16.9 Å². The molecule has 1 unspecified atom stereocenters. The lowest BCUT2D eigenvalue weighted by molar-refractivity contribution is 0.0720. The van der Waals surface area contributed by atoms with Crippen LogP contribution < -0.4 is 14.9 Å². The number of carbonyl (C=O) groups is 1. The fourth-order valence-corrected chi connectivity index (χ4v) is 4.84. The van der Waals surface area contributed by atoms with Crippen LogP contribution in [0.25, 0.3) is 11.0 Å². The molecule has 1 aliphatic heterocycles. The Morgan fingerprint density at radius 1 is 0.972 bits per heavy atom. The van der Waals surface area contributed by atoms with Crippen LogP contribution >= 0.6 is 0 Å². The van der Waals surface area contributed by atoms with Crippen molar-refractivity contribution in [2.24, 2.45) is 0 Å². The largest absolute Gasteiger partial charge is 0.490 e. The monoisotopic (exact) mass is 492 g/mol. The lowest BCUT2D eigenvalue weighted by atomic mass is 9.98. The second-order valence-electron chi connectivity index (χ2n) is 8.94. The second-order valence-corrected chi connectivity index (χ2v) is 8.94. The smallest absolute Gasteiger partial charge is 0.290 e. The van der Waals surface area contributed by atoms with E-state index in [1.54, 1.807) is 23.1 Å². The predicted molar refractivity (Wildman–Crippen MR) is 141 cm³/mol. The van der Waals surface area contributed by atoms with Gasteiger partial charge in [0.2, 0.25) is 5.76 Å². The number of rotatable bonds is 12. The Morgan fingerprint density at radius 3 is 2.47 bits per heavy atom. The van der Waals surface area contributed by atoms with Crippen molar-refractivity contribution < 1.29 is 18.7 Å². The van der Waals surface area contributed by atoms with Gasteiger partial charge in [-0.25, -0.2) is 0 Å². The molecule has 0 spiro atoms. The van der Waals surface area contributed by atoms with Gasteiger partial charge in [0.25, 0.3) is 5.91 Å². The van der Waals surface area contributed by atoms with E-state index in [4.69, 9.17) is 13.9 Å². The van der Waals surface area contributed by atoms with Gasteiger partial charge in [-0.1, -0.05) is 39.0 Å². The van der Waals surface area contributed by atoms with E-state index < -0.39 is 6.04 Å².